The smallest absolute Gasteiger partial charge is 0.407 e. The summed E-state index contributed by atoms with van der Waals surface area (Å²) in [5, 5.41) is 19.5. The Morgan fingerprint density at radius 3 is 2.68 bits per heavy atom. The Hall–Kier alpha value is -2.57. The molecule has 0 aliphatic carbocycles. The lowest BCUT2D eigenvalue weighted by Gasteiger charge is -2.23. The summed E-state index contributed by atoms with van der Waals surface area (Å²) in [7, 11) is 0. The number of nitrogens with zero attached hydrogens (tertiary/aromatic N) is 2. The van der Waals surface area contributed by atoms with Crippen LogP contribution in [0.25, 0.3) is 5.57 Å². The number of benzene rings is 1. The summed E-state index contributed by atoms with van der Waals surface area (Å²) >= 11 is 0. The monoisotopic (exact) mass is 263 g/mol. The number of nitro groups is 1. The van der Waals surface area contributed by atoms with Crippen LogP contribution in [0.15, 0.2) is 24.3 Å². The fourth-order valence-corrected chi connectivity index (χ4v) is 2.03. The van der Waals surface area contributed by atoms with Crippen LogP contribution in [-0.2, 0) is 0 Å². The Morgan fingerprint density at radius 2 is 2.21 bits per heavy atom. The first-order valence-electron chi connectivity index (χ1n) is 5.70. The summed E-state index contributed by atoms with van der Waals surface area (Å²) in [6.45, 7) is 0.736. The first kappa shape index (κ1) is 12.9. The lowest BCUT2D eigenvalue weighted by atomic mass is 9.99. The van der Waals surface area contributed by atoms with Crippen molar-refractivity contribution in [2.45, 2.75) is 6.42 Å². The van der Waals surface area contributed by atoms with Crippen molar-refractivity contribution in [2.75, 3.05) is 18.8 Å². The Morgan fingerprint density at radius 1 is 1.47 bits per heavy atom. The third-order valence-electron chi connectivity index (χ3n) is 3.07. The van der Waals surface area contributed by atoms with Crippen LogP contribution in [-0.4, -0.2) is 34.1 Å². The van der Waals surface area contributed by atoms with E-state index < -0.39 is 11.0 Å². The highest BCUT2D eigenvalue weighted by Gasteiger charge is 2.18. The van der Waals surface area contributed by atoms with Gasteiger partial charge in [-0.2, -0.15) is 0 Å². The number of nitrogen functional groups attached to an aromatic ring is 1. The number of rotatable bonds is 2. The lowest BCUT2D eigenvalue weighted by Crippen LogP contribution is -2.33. The van der Waals surface area contributed by atoms with Gasteiger partial charge < -0.3 is 15.7 Å². The SMILES string of the molecule is Nc1cc(C2=CCN(C(=O)O)CC2)ccc1[N+](=O)[O-]. The molecule has 1 aromatic carbocycles. The van der Waals surface area contributed by atoms with Gasteiger partial charge in [0.05, 0.1) is 4.92 Å². The molecule has 19 heavy (non-hydrogen) atoms. The molecule has 1 aliphatic heterocycles. The molecule has 1 amide bonds. The lowest BCUT2D eigenvalue weighted by molar-refractivity contribution is -0.383. The summed E-state index contributed by atoms with van der Waals surface area (Å²) in [4.78, 5) is 22.2. The molecule has 2 rings (SSSR count). The van der Waals surface area contributed by atoms with Gasteiger partial charge in [-0.05, 0) is 29.7 Å². The average molecular weight is 263 g/mol. The number of carboxylic acid groups (broad SMARTS) is 1. The quantitative estimate of drug-likeness (QED) is 0.481. The van der Waals surface area contributed by atoms with Crippen molar-refractivity contribution in [1.29, 1.82) is 0 Å². The van der Waals surface area contributed by atoms with E-state index in [4.69, 9.17) is 10.8 Å². The minimum atomic E-state index is -0.946. The number of nitrogens with two attached hydrogens (primary N) is 1. The van der Waals surface area contributed by atoms with Gasteiger partial charge in [-0.1, -0.05) is 6.08 Å². The van der Waals surface area contributed by atoms with Crippen molar-refractivity contribution < 1.29 is 14.8 Å². The molecule has 7 nitrogen and oxygen atoms in total. The van der Waals surface area contributed by atoms with Crippen molar-refractivity contribution in [3.63, 3.8) is 0 Å². The van der Waals surface area contributed by atoms with Crippen LogP contribution >= 0.6 is 0 Å². The summed E-state index contributed by atoms with van der Waals surface area (Å²) in [6.07, 6.45) is 1.43. The van der Waals surface area contributed by atoms with E-state index >= 15 is 0 Å². The zero-order valence-electron chi connectivity index (χ0n) is 10.1. The fourth-order valence-electron chi connectivity index (χ4n) is 2.03. The number of hydrogen-bond donors (Lipinski definition) is 2. The Balaban J connectivity index is 2.22. The van der Waals surface area contributed by atoms with Crippen molar-refractivity contribution in [2.24, 2.45) is 0 Å². The second kappa shape index (κ2) is 4.97. The highest BCUT2D eigenvalue weighted by Crippen LogP contribution is 2.28. The molecule has 0 spiro atoms. The summed E-state index contributed by atoms with van der Waals surface area (Å²) < 4.78 is 0. The number of carbonyl (C=O) groups is 1. The van der Waals surface area contributed by atoms with Crippen LogP contribution in [0.2, 0.25) is 0 Å². The molecule has 0 saturated heterocycles. The van der Waals surface area contributed by atoms with Gasteiger partial charge in [0.2, 0.25) is 0 Å². The van der Waals surface area contributed by atoms with E-state index in [1.807, 2.05) is 0 Å². The first-order chi connectivity index (χ1) is 8.99. The molecule has 1 aromatic rings. The molecule has 0 atom stereocenters. The van der Waals surface area contributed by atoms with Gasteiger partial charge in [-0.3, -0.25) is 10.1 Å². The molecule has 0 saturated carbocycles. The van der Waals surface area contributed by atoms with Gasteiger partial charge in [-0.25, -0.2) is 4.79 Å². The summed E-state index contributed by atoms with van der Waals surface area (Å²) in [6, 6.07) is 4.56. The number of hydrogen-bond acceptors (Lipinski definition) is 4. The first-order valence-corrected chi connectivity index (χ1v) is 5.70. The molecule has 1 aliphatic rings. The molecule has 0 aromatic heterocycles. The molecule has 3 N–H and O–H groups in total. The van der Waals surface area contributed by atoms with Crippen molar-refractivity contribution in [3.05, 3.63) is 40.0 Å². The predicted octanol–water partition coefficient (Wildman–Crippen LogP) is 1.94. The van der Waals surface area contributed by atoms with Crippen molar-refractivity contribution >= 4 is 23.0 Å². The Kier molecular flexibility index (Phi) is 3.37. The molecular weight excluding hydrogens is 250 g/mol. The molecule has 1 heterocycles. The van der Waals surface area contributed by atoms with Gasteiger partial charge >= 0.3 is 6.09 Å². The van der Waals surface area contributed by atoms with Crippen molar-refractivity contribution in [1.82, 2.24) is 4.90 Å². The minimum absolute atomic E-state index is 0.115. The molecule has 0 fully saturated rings. The largest absolute Gasteiger partial charge is 0.465 e. The number of nitro benzene ring substituents is 1. The highest BCUT2D eigenvalue weighted by atomic mass is 16.6. The minimum Gasteiger partial charge on any atom is -0.465 e. The zero-order chi connectivity index (χ0) is 14.0. The zero-order valence-corrected chi connectivity index (χ0v) is 10.1. The van der Waals surface area contributed by atoms with E-state index in [1.54, 1.807) is 18.2 Å². The maximum atomic E-state index is 10.8. The molecule has 7 heteroatoms. The van der Waals surface area contributed by atoms with Crippen LogP contribution in [0, 0.1) is 10.1 Å². The van der Waals surface area contributed by atoms with Crippen LogP contribution in [0.3, 0.4) is 0 Å². The summed E-state index contributed by atoms with van der Waals surface area (Å²) in [5.74, 6) is 0. The predicted molar refractivity (Wildman–Crippen MR) is 69.7 cm³/mol. The van der Waals surface area contributed by atoms with E-state index in [0.717, 1.165) is 11.1 Å². The van der Waals surface area contributed by atoms with Crippen LogP contribution in [0.1, 0.15) is 12.0 Å². The van der Waals surface area contributed by atoms with Crippen LogP contribution in [0.4, 0.5) is 16.2 Å². The summed E-state index contributed by atoms with van der Waals surface area (Å²) in [5.41, 5.74) is 7.38. The Bertz CT molecular complexity index is 568. The molecule has 100 valence electrons. The van der Waals surface area contributed by atoms with Gasteiger partial charge in [0.15, 0.2) is 0 Å². The van der Waals surface area contributed by atoms with Gasteiger partial charge in [-0.15, -0.1) is 0 Å². The second-order valence-corrected chi connectivity index (χ2v) is 4.24. The maximum Gasteiger partial charge on any atom is 0.407 e. The number of amides is 1. The topological polar surface area (TPSA) is 110 Å². The molecular formula is C12H13N3O4. The number of anilines is 1. The molecule has 0 radical (unpaired) electrons. The van der Waals surface area contributed by atoms with Gasteiger partial charge in [0, 0.05) is 19.2 Å². The van der Waals surface area contributed by atoms with Crippen LogP contribution < -0.4 is 5.73 Å². The normalized spacial score (nSPS) is 14.9. The molecule has 0 unspecified atom stereocenters. The van der Waals surface area contributed by atoms with Crippen molar-refractivity contribution in [3.8, 4) is 0 Å². The molecule has 0 bridgehead atoms. The Labute approximate surface area is 109 Å². The fraction of sp³-hybridized carbons (Fsp3) is 0.250. The average Bonchev–Trinajstić information content (AvgIpc) is 2.38. The van der Waals surface area contributed by atoms with E-state index in [2.05, 4.69) is 0 Å². The third kappa shape index (κ3) is 2.65. The third-order valence-corrected chi connectivity index (χ3v) is 3.07. The standard InChI is InChI=1S/C12H13N3O4/c13-10-7-9(1-2-11(10)15(18)19)8-3-5-14(6-4-8)12(16)17/h1-3,7H,4-6,13H2,(H,16,17). The van der Waals surface area contributed by atoms with E-state index in [1.165, 1.54) is 11.0 Å². The second-order valence-electron chi connectivity index (χ2n) is 4.24. The van der Waals surface area contributed by atoms with Gasteiger partial charge in [0.1, 0.15) is 5.69 Å². The van der Waals surface area contributed by atoms with E-state index in [0.29, 0.717) is 19.5 Å². The van der Waals surface area contributed by atoms with E-state index in [9.17, 15) is 14.9 Å². The maximum absolute atomic E-state index is 10.8. The van der Waals surface area contributed by atoms with Crippen LogP contribution in [0.5, 0.6) is 0 Å². The highest BCUT2D eigenvalue weighted by molar-refractivity contribution is 5.74. The van der Waals surface area contributed by atoms with E-state index in [-0.39, 0.29) is 11.4 Å². The van der Waals surface area contributed by atoms with Gasteiger partial charge in [0.25, 0.3) is 5.69 Å².